The molecule has 0 fully saturated rings. The van der Waals surface area contributed by atoms with Crippen molar-refractivity contribution in [1.82, 2.24) is 14.3 Å². The summed E-state index contributed by atoms with van der Waals surface area (Å²) in [4.78, 5) is 9.04. The van der Waals surface area contributed by atoms with Crippen LogP contribution in [0.3, 0.4) is 0 Å². The number of rotatable bonds is 7. The Morgan fingerprint density at radius 3 is 2.96 bits per heavy atom. The molecule has 0 radical (unpaired) electrons. The number of methoxy groups -OCH3 is 1. The van der Waals surface area contributed by atoms with Crippen LogP contribution < -0.4 is 5.32 Å². The molecule has 128 valence electrons. The van der Waals surface area contributed by atoms with Crippen molar-refractivity contribution in [3.05, 3.63) is 48.0 Å². The zero-order valence-corrected chi connectivity index (χ0v) is 15.2. The molecule has 3 aromatic heterocycles. The molecule has 0 bridgehead atoms. The fourth-order valence-corrected chi connectivity index (χ4v) is 3.88. The molecule has 0 aliphatic carbocycles. The highest BCUT2D eigenvalue weighted by Crippen LogP contribution is 2.31. The van der Waals surface area contributed by atoms with E-state index < -0.39 is 0 Å². The molecule has 6 nitrogen and oxygen atoms in total. The maximum Gasteiger partial charge on any atom is 0.202 e. The molecule has 3 heterocycles. The number of anilines is 1. The zero-order valence-electron chi connectivity index (χ0n) is 13.6. The number of furan rings is 1. The average Bonchev–Trinajstić information content (AvgIpc) is 3.36. The van der Waals surface area contributed by atoms with Crippen molar-refractivity contribution in [3.63, 3.8) is 0 Å². The van der Waals surface area contributed by atoms with Gasteiger partial charge in [-0.2, -0.15) is 4.37 Å². The molecule has 0 aliphatic rings. The van der Waals surface area contributed by atoms with E-state index in [1.807, 2.05) is 30.3 Å². The second-order valence-corrected chi connectivity index (χ2v) is 7.15. The normalized spacial score (nSPS) is 11.2. The molecule has 4 rings (SSSR count). The van der Waals surface area contributed by atoms with Crippen LogP contribution in [-0.2, 0) is 17.7 Å². The van der Waals surface area contributed by atoms with E-state index in [0.29, 0.717) is 13.2 Å². The first-order valence-corrected chi connectivity index (χ1v) is 9.41. The van der Waals surface area contributed by atoms with Gasteiger partial charge in [0.05, 0.1) is 23.4 Å². The van der Waals surface area contributed by atoms with Crippen LogP contribution in [0.1, 0.15) is 11.6 Å². The fourth-order valence-electron chi connectivity index (χ4n) is 2.35. The van der Waals surface area contributed by atoms with Crippen LogP contribution in [0.5, 0.6) is 0 Å². The van der Waals surface area contributed by atoms with Gasteiger partial charge in [-0.1, -0.05) is 12.1 Å². The lowest BCUT2D eigenvalue weighted by molar-refractivity contribution is 0.201. The summed E-state index contributed by atoms with van der Waals surface area (Å²) < 4.78 is 16.4. The van der Waals surface area contributed by atoms with Crippen LogP contribution in [0.4, 0.5) is 5.13 Å². The number of thiazole rings is 1. The summed E-state index contributed by atoms with van der Waals surface area (Å²) in [6.45, 7) is 1.18. The topological polar surface area (TPSA) is 73.1 Å². The van der Waals surface area contributed by atoms with Gasteiger partial charge in [0.1, 0.15) is 11.6 Å². The molecule has 8 heteroatoms. The number of para-hydroxylation sites is 1. The molecule has 0 aliphatic heterocycles. The number of benzene rings is 1. The van der Waals surface area contributed by atoms with Gasteiger partial charge in [-0.3, -0.25) is 0 Å². The van der Waals surface area contributed by atoms with Crippen molar-refractivity contribution in [2.45, 2.75) is 13.0 Å². The van der Waals surface area contributed by atoms with Crippen molar-refractivity contribution in [2.24, 2.45) is 0 Å². The number of hydrogen-bond acceptors (Lipinski definition) is 8. The third-order valence-electron chi connectivity index (χ3n) is 3.58. The molecular weight excluding hydrogens is 356 g/mol. The summed E-state index contributed by atoms with van der Waals surface area (Å²) in [5, 5.41) is 4.92. The smallest absolute Gasteiger partial charge is 0.202 e. The minimum absolute atomic E-state index is 0.559. The Morgan fingerprint density at radius 1 is 1.16 bits per heavy atom. The minimum atomic E-state index is 0.559. The predicted molar refractivity (Wildman–Crippen MR) is 100 cm³/mol. The van der Waals surface area contributed by atoms with Crippen LogP contribution in [0, 0.1) is 0 Å². The molecule has 1 aromatic carbocycles. The van der Waals surface area contributed by atoms with Crippen LogP contribution in [0.15, 0.2) is 40.8 Å². The summed E-state index contributed by atoms with van der Waals surface area (Å²) in [7, 11) is 1.67. The van der Waals surface area contributed by atoms with E-state index in [2.05, 4.69) is 25.7 Å². The lowest BCUT2D eigenvalue weighted by Crippen LogP contribution is -1.99. The Balaban J connectivity index is 1.42. The van der Waals surface area contributed by atoms with Gasteiger partial charge in [0.25, 0.3) is 0 Å². The lowest BCUT2D eigenvalue weighted by atomic mass is 10.3. The fraction of sp³-hybridized carbons (Fsp3) is 0.235. The van der Waals surface area contributed by atoms with Gasteiger partial charge >= 0.3 is 0 Å². The average molecular weight is 372 g/mol. The van der Waals surface area contributed by atoms with E-state index in [4.69, 9.17) is 9.15 Å². The second-order valence-electron chi connectivity index (χ2n) is 5.36. The summed E-state index contributed by atoms with van der Waals surface area (Å²) in [6.07, 6.45) is 0.719. The summed E-state index contributed by atoms with van der Waals surface area (Å²) in [5.41, 5.74) is 0.996. The van der Waals surface area contributed by atoms with E-state index in [9.17, 15) is 0 Å². The predicted octanol–water partition coefficient (Wildman–Crippen LogP) is 4.21. The third kappa shape index (κ3) is 3.71. The summed E-state index contributed by atoms with van der Waals surface area (Å²) >= 11 is 2.98. The van der Waals surface area contributed by atoms with Crippen LogP contribution in [-0.4, -0.2) is 28.1 Å². The Hall–Kier alpha value is -2.29. The highest BCUT2D eigenvalue weighted by atomic mass is 32.1. The Morgan fingerprint density at radius 2 is 2.08 bits per heavy atom. The Kier molecular flexibility index (Phi) is 4.73. The standard InChI is InChI=1S/C17H16N4O2S2/c1-22-9-8-15-20-17(25-21-15)18-10-11-6-7-13(23-11)16-19-12-4-2-3-5-14(12)24-16/h2-7H,8-10H2,1H3,(H,18,20,21). The SMILES string of the molecule is COCCc1nsc(NCc2ccc(-c3nc4ccccc4s3)o2)n1. The van der Waals surface area contributed by atoms with E-state index in [1.54, 1.807) is 18.4 Å². The molecule has 4 aromatic rings. The highest BCUT2D eigenvalue weighted by molar-refractivity contribution is 7.21. The quantitative estimate of drug-likeness (QED) is 0.524. The molecule has 1 N–H and O–H groups in total. The number of hydrogen-bond donors (Lipinski definition) is 1. The van der Waals surface area contributed by atoms with Gasteiger partial charge < -0.3 is 14.5 Å². The molecule has 0 unspecified atom stereocenters. The number of ether oxygens (including phenoxy) is 1. The lowest BCUT2D eigenvalue weighted by Gasteiger charge is -1.98. The van der Waals surface area contributed by atoms with Crippen molar-refractivity contribution in [2.75, 3.05) is 19.0 Å². The number of aromatic nitrogens is 3. The van der Waals surface area contributed by atoms with Gasteiger partial charge in [0.15, 0.2) is 10.8 Å². The van der Waals surface area contributed by atoms with E-state index in [1.165, 1.54) is 11.5 Å². The largest absolute Gasteiger partial charge is 0.457 e. The van der Waals surface area contributed by atoms with E-state index >= 15 is 0 Å². The highest BCUT2D eigenvalue weighted by Gasteiger charge is 2.11. The van der Waals surface area contributed by atoms with Crippen LogP contribution in [0.25, 0.3) is 21.0 Å². The number of nitrogens with zero attached hydrogens (tertiary/aromatic N) is 3. The van der Waals surface area contributed by atoms with Crippen LogP contribution in [0.2, 0.25) is 0 Å². The molecule has 0 atom stereocenters. The van der Waals surface area contributed by atoms with Crippen molar-refractivity contribution in [1.29, 1.82) is 0 Å². The van der Waals surface area contributed by atoms with Gasteiger partial charge in [-0.25, -0.2) is 9.97 Å². The third-order valence-corrected chi connectivity index (χ3v) is 5.34. The van der Waals surface area contributed by atoms with E-state index in [-0.39, 0.29) is 0 Å². The Bertz CT molecular complexity index is 943. The van der Waals surface area contributed by atoms with Gasteiger partial charge in [0, 0.05) is 25.1 Å². The number of fused-ring (bicyclic) bond motifs is 1. The van der Waals surface area contributed by atoms with Crippen LogP contribution >= 0.6 is 22.9 Å². The molecule has 0 spiro atoms. The molecule has 0 saturated carbocycles. The molecule has 0 saturated heterocycles. The zero-order chi connectivity index (χ0) is 17.1. The van der Waals surface area contributed by atoms with Crippen molar-refractivity contribution < 1.29 is 9.15 Å². The first-order valence-electron chi connectivity index (χ1n) is 7.82. The molecular formula is C17H16N4O2S2. The second kappa shape index (κ2) is 7.30. The summed E-state index contributed by atoms with van der Waals surface area (Å²) in [6, 6.07) is 12.0. The van der Waals surface area contributed by atoms with Gasteiger partial charge in [0.2, 0.25) is 5.13 Å². The van der Waals surface area contributed by atoms with Crippen molar-refractivity contribution >= 4 is 38.2 Å². The number of nitrogens with one attached hydrogen (secondary N) is 1. The molecule has 0 amide bonds. The van der Waals surface area contributed by atoms with Gasteiger partial charge in [-0.05, 0) is 24.3 Å². The first-order chi connectivity index (χ1) is 12.3. The first kappa shape index (κ1) is 16.2. The monoisotopic (exact) mass is 372 g/mol. The molecule has 25 heavy (non-hydrogen) atoms. The van der Waals surface area contributed by atoms with Gasteiger partial charge in [-0.15, -0.1) is 11.3 Å². The minimum Gasteiger partial charge on any atom is -0.457 e. The Labute approximate surface area is 152 Å². The maximum absolute atomic E-state index is 5.91. The van der Waals surface area contributed by atoms with E-state index in [0.717, 1.165) is 44.1 Å². The summed E-state index contributed by atoms with van der Waals surface area (Å²) in [5.74, 6) is 2.42. The van der Waals surface area contributed by atoms with Crippen molar-refractivity contribution in [3.8, 4) is 10.8 Å². The maximum atomic E-state index is 5.91.